The van der Waals surface area contributed by atoms with Gasteiger partial charge in [-0.1, -0.05) is 40.5 Å². The molecular formula is C37H70N4. The van der Waals surface area contributed by atoms with Crippen molar-refractivity contribution in [3.05, 3.63) is 0 Å². The summed E-state index contributed by atoms with van der Waals surface area (Å²) in [7, 11) is 9.10. The van der Waals surface area contributed by atoms with Crippen molar-refractivity contribution in [1.29, 1.82) is 0 Å². The molecule has 5 unspecified atom stereocenters. The molecule has 2 aliphatic carbocycles. The first-order valence-corrected chi connectivity index (χ1v) is 18.3. The Balaban J connectivity index is 0.000000110. The highest BCUT2D eigenvalue weighted by molar-refractivity contribution is 4.99. The van der Waals surface area contributed by atoms with Crippen LogP contribution in [0.3, 0.4) is 0 Å². The zero-order valence-electron chi connectivity index (χ0n) is 28.8. The molecule has 4 heteroatoms. The Hall–Kier alpha value is -0.160. The molecule has 8 aliphatic rings. The molecule has 8 rings (SSSR count). The number of rotatable bonds is 0. The summed E-state index contributed by atoms with van der Waals surface area (Å²) in [5, 5.41) is 0. The molecule has 4 nitrogen and oxygen atoms in total. The van der Waals surface area contributed by atoms with Crippen LogP contribution >= 0.6 is 0 Å². The summed E-state index contributed by atoms with van der Waals surface area (Å²) in [4.78, 5) is 10.1. The van der Waals surface area contributed by atoms with Crippen LogP contribution in [0, 0.1) is 34.5 Å². The average Bonchev–Trinajstić information content (AvgIpc) is 3.49. The number of hydrogen-bond acceptors (Lipinski definition) is 4. The van der Waals surface area contributed by atoms with E-state index in [2.05, 4.69) is 75.5 Å². The van der Waals surface area contributed by atoms with Crippen LogP contribution in [0.1, 0.15) is 124 Å². The molecule has 0 amide bonds. The normalized spacial score (nSPS) is 45.1. The van der Waals surface area contributed by atoms with Gasteiger partial charge < -0.3 is 19.6 Å². The van der Waals surface area contributed by atoms with Gasteiger partial charge in [-0.15, -0.1) is 0 Å². The summed E-state index contributed by atoms with van der Waals surface area (Å²) in [6.45, 7) is 15.0. The number of nitrogens with zero attached hydrogens (tertiary/aromatic N) is 4. The minimum absolute atomic E-state index is 0.786. The molecule has 238 valence electrons. The van der Waals surface area contributed by atoms with Gasteiger partial charge in [-0.25, -0.2) is 0 Å². The highest BCUT2D eigenvalue weighted by Gasteiger charge is 2.46. The van der Waals surface area contributed by atoms with E-state index in [1.54, 1.807) is 0 Å². The lowest BCUT2D eigenvalue weighted by Gasteiger charge is -2.46. The molecular weight excluding hydrogens is 500 g/mol. The van der Waals surface area contributed by atoms with Gasteiger partial charge in [0.1, 0.15) is 0 Å². The molecule has 2 spiro atoms. The number of likely N-dealkylation sites (tertiary alicyclic amines) is 2. The van der Waals surface area contributed by atoms with Crippen molar-refractivity contribution in [2.75, 3.05) is 54.4 Å². The summed E-state index contributed by atoms with van der Waals surface area (Å²) in [6.07, 6.45) is 22.1. The lowest BCUT2D eigenvalue weighted by atomic mass is 9.62. The van der Waals surface area contributed by atoms with Crippen molar-refractivity contribution in [2.45, 2.75) is 148 Å². The zero-order valence-corrected chi connectivity index (χ0v) is 28.8. The molecule has 8 fully saturated rings. The minimum atomic E-state index is 0.786. The van der Waals surface area contributed by atoms with Crippen molar-refractivity contribution < 1.29 is 0 Å². The highest BCUT2D eigenvalue weighted by Crippen LogP contribution is 2.51. The van der Waals surface area contributed by atoms with Gasteiger partial charge >= 0.3 is 0 Å². The van der Waals surface area contributed by atoms with E-state index in [4.69, 9.17) is 0 Å². The summed E-state index contributed by atoms with van der Waals surface area (Å²) in [5.74, 6) is 4.01. The quantitative estimate of drug-likeness (QED) is 0.297. The fourth-order valence-corrected chi connectivity index (χ4v) is 11.4. The van der Waals surface area contributed by atoms with E-state index in [0.717, 1.165) is 58.7 Å². The second kappa shape index (κ2) is 13.5. The van der Waals surface area contributed by atoms with Gasteiger partial charge in [0.05, 0.1) is 0 Å². The van der Waals surface area contributed by atoms with Crippen LogP contribution in [0.4, 0.5) is 0 Å². The summed E-state index contributed by atoms with van der Waals surface area (Å²) >= 11 is 0. The van der Waals surface area contributed by atoms with Gasteiger partial charge in [0, 0.05) is 43.8 Å². The molecule has 6 saturated heterocycles. The van der Waals surface area contributed by atoms with Gasteiger partial charge in [-0.3, -0.25) is 0 Å². The van der Waals surface area contributed by atoms with Crippen LogP contribution in [0.25, 0.3) is 0 Å². The van der Waals surface area contributed by atoms with Crippen LogP contribution in [-0.4, -0.2) is 98.1 Å². The Bertz CT molecular complexity index is 743. The molecule has 5 atom stereocenters. The van der Waals surface area contributed by atoms with E-state index in [0.29, 0.717) is 0 Å². The summed E-state index contributed by atoms with van der Waals surface area (Å²) in [5.41, 5.74) is 1.57. The van der Waals surface area contributed by atoms with Gasteiger partial charge in [-0.05, 0) is 153 Å². The van der Waals surface area contributed by atoms with Crippen molar-refractivity contribution in [1.82, 2.24) is 19.6 Å². The van der Waals surface area contributed by atoms with Crippen LogP contribution in [0.15, 0.2) is 0 Å². The molecule has 0 aromatic rings. The third kappa shape index (κ3) is 7.93. The molecule has 6 heterocycles. The molecule has 6 aliphatic heterocycles. The Labute approximate surface area is 256 Å². The fourth-order valence-electron chi connectivity index (χ4n) is 11.4. The summed E-state index contributed by atoms with van der Waals surface area (Å²) in [6, 6.07) is 3.73. The molecule has 2 saturated carbocycles. The molecule has 0 N–H and O–H groups in total. The van der Waals surface area contributed by atoms with Gasteiger partial charge in [-0.2, -0.15) is 0 Å². The lowest BCUT2D eigenvalue weighted by molar-refractivity contribution is 0.0258. The zero-order chi connectivity index (χ0) is 29.4. The number of piperidine rings is 3. The van der Waals surface area contributed by atoms with Crippen molar-refractivity contribution in [3.63, 3.8) is 0 Å². The largest absolute Gasteiger partial charge is 0.306 e. The third-order valence-corrected chi connectivity index (χ3v) is 13.3. The number of hydrogen-bond donors (Lipinski definition) is 0. The fraction of sp³-hybridized carbons (Fsp3) is 1.00. The van der Waals surface area contributed by atoms with Gasteiger partial charge in [0.25, 0.3) is 0 Å². The predicted octanol–water partition coefficient (Wildman–Crippen LogP) is 7.62. The van der Waals surface area contributed by atoms with Crippen LogP contribution < -0.4 is 0 Å². The van der Waals surface area contributed by atoms with Crippen LogP contribution in [-0.2, 0) is 0 Å². The number of fused-ring (bicyclic) bond motifs is 4. The van der Waals surface area contributed by atoms with E-state index in [1.807, 2.05) is 0 Å². The first-order valence-electron chi connectivity index (χ1n) is 18.3. The summed E-state index contributed by atoms with van der Waals surface area (Å²) < 4.78 is 0. The molecule has 0 aromatic carbocycles. The van der Waals surface area contributed by atoms with Crippen LogP contribution in [0.2, 0.25) is 0 Å². The maximum Gasteiger partial charge on any atom is 0.00982 e. The topological polar surface area (TPSA) is 13.0 Å². The van der Waals surface area contributed by atoms with Crippen molar-refractivity contribution >= 4 is 0 Å². The SMILES string of the molecule is CC1CC2(CCN(C)C2)C1.CC1CC2CCC(C1)N2C.CC1CC2CCCC(C1)N2C.CC1CCC2(C1)CN(C)C2. The van der Waals surface area contributed by atoms with Gasteiger partial charge in [0.15, 0.2) is 0 Å². The van der Waals surface area contributed by atoms with E-state index in [-0.39, 0.29) is 0 Å². The first-order chi connectivity index (χ1) is 19.4. The minimum Gasteiger partial charge on any atom is -0.306 e. The Morgan fingerprint density at radius 2 is 0.927 bits per heavy atom. The molecule has 0 radical (unpaired) electrons. The molecule has 0 aromatic heterocycles. The maximum absolute atomic E-state index is 2.63. The molecule has 41 heavy (non-hydrogen) atoms. The van der Waals surface area contributed by atoms with Gasteiger partial charge in [0.2, 0.25) is 0 Å². The van der Waals surface area contributed by atoms with Crippen molar-refractivity contribution in [3.8, 4) is 0 Å². The second-order valence-electron chi connectivity index (χ2n) is 17.6. The predicted molar refractivity (Wildman–Crippen MR) is 176 cm³/mol. The maximum atomic E-state index is 2.63. The van der Waals surface area contributed by atoms with E-state index in [9.17, 15) is 0 Å². The average molecular weight is 571 g/mol. The lowest BCUT2D eigenvalue weighted by Crippen LogP contribution is -2.52. The Morgan fingerprint density at radius 1 is 0.463 bits per heavy atom. The van der Waals surface area contributed by atoms with E-state index < -0.39 is 0 Å². The standard InChI is InChI=1S/C10H19N.3C9H17N/c1-8-6-9-4-3-5-10(7-8)11(9)2;1-8-5-9(6-8)3-4-10(2)7-9;1-8-3-4-9(5-8)6-10(2)7-9;1-7-5-8-3-4-9(6-7)10(8)2/h8-10H,3-7H2,1-2H3;2*8H,3-7H2,1-2H3;7-9H,3-6H2,1-2H3. The smallest absolute Gasteiger partial charge is 0.00982 e. The second-order valence-corrected chi connectivity index (χ2v) is 17.6. The monoisotopic (exact) mass is 571 g/mol. The third-order valence-electron chi connectivity index (χ3n) is 13.3. The van der Waals surface area contributed by atoms with Crippen molar-refractivity contribution in [2.24, 2.45) is 34.5 Å². The van der Waals surface area contributed by atoms with Crippen LogP contribution in [0.5, 0.6) is 0 Å². The first kappa shape index (κ1) is 32.2. The highest BCUT2D eigenvalue weighted by atomic mass is 15.2. The van der Waals surface area contributed by atoms with E-state index in [1.165, 1.54) is 122 Å². The Kier molecular flexibility index (Phi) is 10.6. The Morgan fingerprint density at radius 3 is 1.32 bits per heavy atom. The van der Waals surface area contributed by atoms with E-state index >= 15 is 0 Å². The molecule has 4 bridgehead atoms.